The second-order valence-electron chi connectivity index (χ2n) is 2.79. The van der Waals surface area contributed by atoms with E-state index >= 15 is 0 Å². The number of benzene rings is 1. The summed E-state index contributed by atoms with van der Waals surface area (Å²) in [5.74, 6) is 0.517. The highest BCUT2D eigenvalue weighted by atomic mass is 35.5. The normalized spacial score (nSPS) is 10.7. The van der Waals surface area contributed by atoms with Crippen molar-refractivity contribution in [1.82, 2.24) is 0 Å². The van der Waals surface area contributed by atoms with Crippen LogP contribution in [0.1, 0.15) is 0 Å². The highest BCUT2D eigenvalue weighted by Gasteiger charge is 2.08. The van der Waals surface area contributed by atoms with Gasteiger partial charge >= 0.3 is 0 Å². The molecular weight excluding hydrogens is 239 g/mol. The first-order chi connectivity index (χ1) is 7.17. The topological polar surface area (TPSA) is 27.7 Å². The Morgan fingerprint density at radius 3 is 2.47 bits per heavy atom. The van der Waals surface area contributed by atoms with Crippen LogP contribution in [0, 0.1) is 0 Å². The molecule has 0 aliphatic carbocycles. The summed E-state index contributed by atoms with van der Waals surface area (Å²) < 4.78 is 15.3. The molecule has 84 valence electrons. The Morgan fingerprint density at radius 2 is 1.87 bits per heavy atom. The van der Waals surface area contributed by atoms with Gasteiger partial charge < -0.3 is 14.2 Å². The van der Waals surface area contributed by atoms with Crippen molar-refractivity contribution in [2.75, 3.05) is 20.8 Å². The van der Waals surface area contributed by atoms with Gasteiger partial charge in [0, 0.05) is 25.3 Å². The molecule has 0 radical (unpaired) electrons. The maximum atomic E-state index is 5.90. The van der Waals surface area contributed by atoms with Crippen LogP contribution in [0.4, 0.5) is 0 Å². The van der Waals surface area contributed by atoms with Crippen molar-refractivity contribution < 1.29 is 14.2 Å². The van der Waals surface area contributed by atoms with E-state index in [0.717, 1.165) is 0 Å². The average molecular weight is 251 g/mol. The zero-order chi connectivity index (χ0) is 11.3. The van der Waals surface area contributed by atoms with Crippen LogP contribution in [0.3, 0.4) is 0 Å². The molecule has 5 heteroatoms. The van der Waals surface area contributed by atoms with Gasteiger partial charge in [-0.05, 0) is 12.1 Å². The van der Waals surface area contributed by atoms with Crippen LogP contribution in [0.15, 0.2) is 18.2 Å². The molecule has 0 saturated heterocycles. The molecule has 0 fully saturated rings. The Hall–Kier alpha value is -0.480. The molecule has 1 rings (SSSR count). The first kappa shape index (κ1) is 12.6. The summed E-state index contributed by atoms with van der Waals surface area (Å²) in [4.78, 5) is 0. The smallest absolute Gasteiger partial charge is 0.191 e. The number of hydrogen-bond acceptors (Lipinski definition) is 3. The largest absolute Gasteiger partial charge is 0.487 e. The van der Waals surface area contributed by atoms with Gasteiger partial charge in [0.15, 0.2) is 6.29 Å². The predicted molar refractivity (Wildman–Crippen MR) is 59.8 cm³/mol. The number of methoxy groups -OCH3 is 2. The fourth-order valence-electron chi connectivity index (χ4n) is 0.978. The number of ether oxygens (including phenoxy) is 3. The van der Waals surface area contributed by atoms with E-state index in [4.69, 9.17) is 37.4 Å². The summed E-state index contributed by atoms with van der Waals surface area (Å²) in [6.07, 6.45) is -0.417. The van der Waals surface area contributed by atoms with Crippen LogP contribution in [-0.4, -0.2) is 27.1 Å². The van der Waals surface area contributed by atoms with Crippen LogP contribution in [0.2, 0.25) is 10.0 Å². The lowest BCUT2D eigenvalue weighted by molar-refractivity contribution is -0.121. The average Bonchev–Trinajstić information content (AvgIpc) is 2.24. The second-order valence-corrected chi connectivity index (χ2v) is 3.63. The summed E-state index contributed by atoms with van der Waals surface area (Å²) in [6.45, 7) is 0.257. The predicted octanol–water partition coefficient (Wildman–Crippen LogP) is 2.99. The monoisotopic (exact) mass is 250 g/mol. The van der Waals surface area contributed by atoms with E-state index in [1.165, 1.54) is 14.2 Å². The second kappa shape index (κ2) is 6.18. The van der Waals surface area contributed by atoms with E-state index in [2.05, 4.69) is 0 Å². The van der Waals surface area contributed by atoms with Gasteiger partial charge in [0.05, 0.1) is 5.02 Å². The molecule has 3 nitrogen and oxygen atoms in total. The van der Waals surface area contributed by atoms with E-state index in [-0.39, 0.29) is 6.61 Å². The molecule has 0 bridgehead atoms. The Labute approximate surface area is 98.8 Å². The molecule has 0 amide bonds. The molecule has 0 heterocycles. The van der Waals surface area contributed by atoms with Crippen molar-refractivity contribution in [3.05, 3.63) is 28.2 Å². The van der Waals surface area contributed by atoms with Gasteiger partial charge in [-0.15, -0.1) is 0 Å². The van der Waals surface area contributed by atoms with E-state index in [9.17, 15) is 0 Å². The van der Waals surface area contributed by atoms with Crippen LogP contribution in [-0.2, 0) is 9.47 Å². The maximum absolute atomic E-state index is 5.90. The first-order valence-corrected chi connectivity index (χ1v) is 5.06. The molecule has 0 spiro atoms. The molecule has 15 heavy (non-hydrogen) atoms. The maximum Gasteiger partial charge on any atom is 0.191 e. The Morgan fingerprint density at radius 1 is 1.20 bits per heavy atom. The number of halogens is 2. The molecule has 0 aromatic heterocycles. The molecule has 1 aromatic rings. The molecule has 0 atom stereocenters. The minimum absolute atomic E-state index is 0.257. The van der Waals surface area contributed by atoms with Gasteiger partial charge in [-0.1, -0.05) is 23.2 Å². The van der Waals surface area contributed by atoms with Crippen LogP contribution < -0.4 is 4.74 Å². The molecule has 0 aliphatic heterocycles. The molecule has 0 unspecified atom stereocenters. The van der Waals surface area contributed by atoms with Crippen molar-refractivity contribution in [3.63, 3.8) is 0 Å². The zero-order valence-electron chi connectivity index (χ0n) is 8.50. The van der Waals surface area contributed by atoms with Gasteiger partial charge in [0.25, 0.3) is 0 Å². The summed E-state index contributed by atoms with van der Waals surface area (Å²) in [5, 5.41) is 1.08. The fraction of sp³-hybridized carbons (Fsp3) is 0.400. The molecular formula is C10H12Cl2O3. The first-order valence-electron chi connectivity index (χ1n) is 4.30. The summed E-state index contributed by atoms with van der Waals surface area (Å²) in [6, 6.07) is 5.01. The lowest BCUT2D eigenvalue weighted by Crippen LogP contribution is -2.22. The highest BCUT2D eigenvalue weighted by molar-refractivity contribution is 6.34. The summed E-state index contributed by atoms with van der Waals surface area (Å²) >= 11 is 11.7. The SMILES string of the molecule is COC(COc1cc(Cl)ccc1Cl)OC. The minimum Gasteiger partial charge on any atom is -0.487 e. The highest BCUT2D eigenvalue weighted by Crippen LogP contribution is 2.27. The summed E-state index contributed by atoms with van der Waals surface area (Å²) in [5.41, 5.74) is 0. The fourth-order valence-corrected chi connectivity index (χ4v) is 1.31. The summed E-state index contributed by atoms with van der Waals surface area (Å²) in [7, 11) is 3.08. The van der Waals surface area contributed by atoms with E-state index in [1.54, 1.807) is 18.2 Å². The Bertz CT molecular complexity index is 314. The van der Waals surface area contributed by atoms with Crippen molar-refractivity contribution in [1.29, 1.82) is 0 Å². The third-order valence-corrected chi connectivity index (χ3v) is 2.34. The lowest BCUT2D eigenvalue weighted by Gasteiger charge is -2.15. The quantitative estimate of drug-likeness (QED) is 0.753. The molecule has 0 N–H and O–H groups in total. The van der Waals surface area contributed by atoms with E-state index < -0.39 is 6.29 Å². The van der Waals surface area contributed by atoms with Gasteiger partial charge in [-0.2, -0.15) is 0 Å². The molecule has 1 aromatic carbocycles. The third-order valence-electron chi connectivity index (χ3n) is 1.79. The Balaban J connectivity index is 2.60. The third kappa shape index (κ3) is 3.87. The standard InChI is InChI=1S/C10H12Cl2O3/c1-13-10(14-2)6-15-9-5-7(11)3-4-8(9)12/h3-5,10H,6H2,1-2H3. The van der Waals surface area contributed by atoms with Crippen molar-refractivity contribution in [3.8, 4) is 5.75 Å². The molecule has 0 saturated carbocycles. The molecule has 0 aliphatic rings. The van der Waals surface area contributed by atoms with Gasteiger partial charge in [0.1, 0.15) is 12.4 Å². The van der Waals surface area contributed by atoms with Crippen molar-refractivity contribution in [2.45, 2.75) is 6.29 Å². The number of hydrogen-bond donors (Lipinski definition) is 0. The van der Waals surface area contributed by atoms with Crippen LogP contribution >= 0.6 is 23.2 Å². The zero-order valence-corrected chi connectivity index (χ0v) is 10.0. The van der Waals surface area contributed by atoms with Crippen molar-refractivity contribution in [2.24, 2.45) is 0 Å². The van der Waals surface area contributed by atoms with Crippen LogP contribution in [0.5, 0.6) is 5.75 Å². The van der Waals surface area contributed by atoms with E-state index in [1.807, 2.05) is 0 Å². The van der Waals surface area contributed by atoms with Gasteiger partial charge in [0.2, 0.25) is 0 Å². The van der Waals surface area contributed by atoms with Gasteiger partial charge in [-0.3, -0.25) is 0 Å². The minimum atomic E-state index is -0.417. The Kier molecular flexibility index (Phi) is 5.19. The number of rotatable bonds is 5. The van der Waals surface area contributed by atoms with Gasteiger partial charge in [-0.25, -0.2) is 0 Å². The van der Waals surface area contributed by atoms with Crippen LogP contribution in [0.25, 0.3) is 0 Å². The van der Waals surface area contributed by atoms with Crippen molar-refractivity contribution >= 4 is 23.2 Å². The van der Waals surface area contributed by atoms with E-state index in [0.29, 0.717) is 15.8 Å². The lowest BCUT2D eigenvalue weighted by atomic mass is 10.3.